The van der Waals surface area contributed by atoms with Crippen LogP contribution >= 0.6 is 0 Å². The van der Waals surface area contributed by atoms with Crippen LogP contribution in [0, 0.1) is 11.8 Å². The number of fused-ring (bicyclic) bond motifs is 1. The van der Waals surface area contributed by atoms with E-state index in [0.717, 1.165) is 11.8 Å². The summed E-state index contributed by atoms with van der Waals surface area (Å²) in [7, 11) is 0. The van der Waals surface area contributed by atoms with Crippen molar-refractivity contribution >= 4 is 0 Å². The van der Waals surface area contributed by atoms with E-state index in [1.54, 1.807) is 5.57 Å². The van der Waals surface area contributed by atoms with Crippen LogP contribution in [0.25, 0.3) is 0 Å². The molecule has 3 unspecified atom stereocenters. The highest BCUT2D eigenvalue weighted by Gasteiger charge is 2.41. The Balaban J connectivity index is 2.20. The average Bonchev–Trinajstić information content (AvgIpc) is 2.58. The molecular weight excluding hydrogens is 194 g/mol. The molecule has 0 bridgehead atoms. The van der Waals surface area contributed by atoms with Gasteiger partial charge in [-0.1, -0.05) is 44.1 Å². The molecule has 16 heavy (non-hydrogen) atoms. The second-order valence-corrected chi connectivity index (χ2v) is 5.66. The van der Waals surface area contributed by atoms with Crippen molar-refractivity contribution in [1.82, 2.24) is 4.90 Å². The predicted octanol–water partition coefficient (Wildman–Crippen LogP) is 3.63. The van der Waals surface area contributed by atoms with Gasteiger partial charge in [-0.2, -0.15) is 0 Å². The number of nitrogens with zero attached hydrogens (tertiary/aromatic N) is 1. The highest BCUT2D eigenvalue weighted by Crippen LogP contribution is 2.40. The van der Waals surface area contributed by atoms with Crippen LogP contribution in [0.1, 0.15) is 40.5 Å². The molecule has 0 spiro atoms. The lowest BCUT2D eigenvalue weighted by atomic mass is 9.80. The van der Waals surface area contributed by atoms with E-state index in [1.165, 1.54) is 19.4 Å². The van der Waals surface area contributed by atoms with Crippen LogP contribution in [-0.2, 0) is 0 Å². The minimum atomic E-state index is 0.668. The van der Waals surface area contributed by atoms with Crippen LogP contribution in [0.2, 0.25) is 0 Å². The number of hydrogen-bond donors (Lipinski definition) is 0. The highest BCUT2D eigenvalue weighted by molar-refractivity contribution is 5.28. The lowest BCUT2D eigenvalue weighted by molar-refractivity contribution is 0.219. The summed E-state index contributed by atoms with van der Waals surface area (Å²) < 4.78 is 0. The normalized spacial score (nSPS) is 34.3. The van der Waals surface area contributed by atoms with Crippen molar-refractivity contribution in [2.45, 2.75) is 52.6 Å². The smallest absolute Gasteiger partial charge is 0.0352 e. The summed E-state index contributed by atoms with van der Waals surface area (Å²) in [5.74, 6) is 1.60. The Morgan fingerprint density at radius 1 is 1.44 bits per heavy atom. The van der Waals surface area contributed by atoms with Crippen molar-refractivity contribution in [3.05, 3.63) is 23.8 Å². The molecule has 0 aromatic rings. The van der Waals surface area contributed by atoms with Crippen molar-refractivity contribution in [2.24, 2.45) is 11.8 Å². The first-order chi connectivity index (χ1) is 7.65. The van der Waals surface area contributed by atoms with Gasteiger partial charge in [0.25, 0.3) is 0 Å². The zero-order chi connectivity index (χ0) is 11.7. The standard InChI is InChI=1S/C15H25N/c1-5-7-13-8-6-9-14-15(13)12(4)10-16(14)11(2)3/h6,8-9,11-12,14-15H,5,7,10H2,1-4H3. The second-order valence-electron chi connectivity index (χ2n) is 5.66. The Labute approximate surface area is 100 Å². The van der Waals surface area contributed by atoms with Gasteiger partial charge in [-0.15, -0.1) is 0 Å². The summed E-state index contributed by atoms with van der Waals surface area (Å²) >= 11 is 0. The molecule has 0 aromatic heterocycles. The molecule has 0 aromatic carbocycles. The molecule has 0 saturated carbocycles. The molecule has 0 N–H and O–H groups in total. The van der Waals surface area contributed by atoms with E-state index in [2.05, 4.69) is 50.8 Å². The lowest BCUT2D eigenvalue weighted by Crippen LogP contribution is -2.37. The van der Waals surface area contributed by atoms with Crippen LogP contribution in [0.15, 0.2) is 23.8 Å². The van der Waals surface area contributed by atoms with Crippen molar-refractivity contribution < 1.29 is 0 Å². The molecule has 0 radical (unpaired) electrons. The molecule has 3 atom stereocenters. The Kier molecular flexibility index (Phi) is 3.53. The monoisotopic (exact) mass is 219 g/mol. The summed E-state index contributed by atoms with van der Waals surface area (Å²) in [5, 5.41) is 0. The van der Waals surface area contributed by atoms with Crippen LogP contribution in [-0.4, -0.2) is 23.5 Å². The van der Waals surface area contributed by atoms with E-state index in [9.17, 15) is 0 Å². The fraction of sp³-hybridized carbons (Fsp3) is 0.733. The zero-order valence-corrected chi connectivity index (χ0v) is 11.1. The minimum absolute atomic E-state index is 0.668. The maximum atomic E-state index is 2.66. The maximum Gasteiger partial charge on any atom is 0.0352 e. The molecule has 1 aliphatic heterocycles. The molecule has 90 valence electrons. The molecule has 1 heterocycles. The average molecular weight is 219 g/mol. The lowest BCUT2D eigenvalue weighted by Gasteiger charge is -2.32. The van der Waals surface area contributed by atoms with Gasteiger partial charge in [0.05, 0.1) is 0 Å². The van der Waals surface area contributed by atoms with Gasteiger partial charge in [-0.25, -0.2) is 0 Å². The maximum absolute atomic E-state index is 2.66. The number of rotatable bonds is 3. The van der Waals surface area contributed by atoms with Gasteiger partial charge in [-0.3, -0.25) is 4.90 Å². The third kappa shape index (κ3) is 1.98. The first-order valence-corrected chi connectivity index (χ1v) is 6.78. The number of hydrogen-bond acceptors (Lipinski definition) is 1. The topological polar surface area (TPSA) is 3.24 Å². The summed E-state index contributed by atoms with van der Waals surface area (Å²) in [6, 6.07) is 1.34. The fourth-order valence-electron chi connectivity index (χ4n) is 3.42. The van der Waals surface area contributed by atoms with E-state index in [0.29, 0.717) is 12.1 Å². The van der Waals surface area contributed by atoms with E-state index in [1.807, 2.05) is 0 Å². The molecule has 2 aliphatic rings. The minimum Gasteiger partial charge on any atom is -0.294 e. The molecule has 1 saturated heterocycles. The van der Waals surface area contributed by atoms with Gasteiger partial charge in [-0.05, 0) is 26.2 Å². The molecule has 0 amide bonds. The van der Waals surface area contributed by atoms with Crippen LogP contribution < -0.4 is 0 Å². The molecule has 1 nitrogen and oxygen atoms in total. The quantitative estimate of drug-likeness (QED) is 0.700. The van der Waals surface area contributed by atoms with Gasteiger partial charge in [0, 0.05) is 24.5 Å². The molecule has 1 aliphatic carbocycles. The zero-order valence-electron chi connectivity index (χ0n) is 11.1. The van der Waals surface area contributed by atoms with E-state index < -0.39 is 0 Å². The SMILES string of the molecule is CCCC1=CC=CC2C1C(C)CN2C(C)C. The van der Waals surface area contributed by atoms with Gasteiger partial charge < -0.3 is 0 Å². The molecule has 1 fully saturated rings. The van der Waals surface area contributed by atoms with Gasteiger partial charge in [0.1, 0.15) is 0 Å². The molecular formula is C15H25N. The van der Waals surface area contributed by atoms with E-state index in [4.69, 9.17) is 0 Å². The van der Waals surface area contributed by atoms with Crippen LogP contribution in [0.5, 0.6) is 0 Å². The number of likely N-dealkylation sites (tertiary alicyclic amines) is 1. The Hall–Kier alpha value is -0.560. The Bertz CT molecular complexity index is 301. The Morgan fingerprint density at radius 2 is 2.19 bits per heavy atom. The van der Waals surface area contributed by atoms with Gasteiger partial charge in [0.15, 0.2) is 0 Å². The van der Waals surface area contributed by atoms with Crippen molar-refractivity contribution in [2.75, 3.05) is 6.54 Å². The predicted molar refractivity (Wildman–Crippen MR) is 70.4 cm³/mol. The van der Waals surface area contributed by atoms with E-state index in [-0.39, 0.29) is 0 Å². The number of allylic oxidation sites excluding steroid dienone is 2. The second kappa shape index (κ2) is 4.75. The van der Waals surface area contributed by atoms with E-state index >= 15 is 0 Å². The third-order valence-corrected chi connectivity index (χ3v) is 4.11. The third-order valence-electron chi connectivity index (χ3n) is 4.11. The summed E-state index contributed by atoms with van der Waals surface area (Å²) in [6.07, 6.45) is 9.61. The summed E-state index contributed by atoms with van der Waals surface area (Å²) in [6.45, 7) is 10.6. The van der Waals surface area contributed by atoms with Crippen molar-refractivity contribution in [3.8, 4) is 0 Å². The highest BCUT2D eigenvalue weighted by atomic mass is 15.2. The van der Waals surface area contributed by atoms with Crippen LogP contribution in [0.4, 0.5) is 0 Å². The molecule has 2 rings (SSSR count). The summed E-state index contributed by atoms with van der Waals surface area (Å²) in [4.78, 5) is 2.66. The van der Waals surface area contributed by atoms with Crippen molar-refractivity contribution in [3.63, 3.8) is 0 Å². The van der Waals surface area contributed by atoms with Crippen LogP contribution in [0.3, 0.4) is 0 Å². The van der Waals surface area contributed by atoms with Crippen molar-refractivity contribution in [1.29, 1.82) is 0 Å². The summed E-state index contributed by atoms with van der Waals surface area (Å²) in [5.41, 5.74) is 1.69. The Morgan fingerprint density at radius 3 is 2.81 bits per heavy atom. The van der Waals surface area contributed by atoms with Gasteiger partial charge >= 0.3 is 0 Å². The van der Waals surface area contributed by atoms with Gasteiger partial charge in [0.2, 0.25) is 0 Å². The largest absolute Gasteiger partial charge is 0.294 e. The first kappa shape index (κ1) is 11.9. The fourth-order valence-corrected chi connectivity index (χ4v) is 3.42. The molecule has 1 heteroatoms. The first-order valence-electron chi connectivity index (χ1n) is 6.78.